The summed E-state index contributed by atoms with van der Waals surface area (Å²) in [5, 5.41) is 9.08. The van der Waals surface area contributed by atoms with E-state index in [9.17, 15) is 0 Å². The molecule has 0 aliphatic heterocycles. The number of rotatable bonds is 5. The molecular formula is C12H17N3O. The summed E-state index contributed by atoms with van der Waals surface area (Å²) >= 11 is 0. The highest BCUT2D eigenvalue weighted by Gasteiger charge is 2.31. The van der Waals surface area contributed by atoms with Gasteiger partial charge in [0.2, 0.25) is 0 Å². The lowest BCUT2D eigenvalue weighted by Gasteiger charge is -2.22. The first kappa shape index (κ1) is 10.0. The Morgan fingerprint density at radius 1 is 1.31 bits per heavy atom. The molecular weight excluding hydrogens is 202 g/mol. The van der Waals surface area contributed by atoms with Crippen LogP contribution < -0.4 is 4.90 Å². The molecule has 0 aromatic carbocycles. The Bertz CT molecular complexity index is 374. The second-order valence-electron chi connectivity index (χ2n) is 4.70. The van der Waals surface area contributed by atoms with Crippen LogP contribution in [0.2, 0.25) is 0 Å². The van der Waals surface area contributed by atoms with Gasteiger partial charge in [0.1, 0.15) is 11.6 Å². The predicted molar refractivity (Wildman–Crippen MR) is 61.5 cm³/mol. The van der Waals surface area contributed by atoms with E-state index in [0.29, 0.717) is 18.5 Å². The Hall–Kier alpha value is -1.16. The van der Waals surface area contributed by atoms with Gasteiger partial charge in [-0.15, -0.1) is 0 Å². The second-order valence-corrected chi connectivity index (χ2v) is 4.70. The molecule has 0 amide bonds. The second kappa shape index (κ2) is 4.01. The Balaban J connectivity index is 1.81. The standard InChI is InChI=1S/C12H17N3O/c16-8-7-15(10-3-4-10)11-5-6-13-12(14-11)9-1-2-9/h5-6,9-10,16H,1-4,7-8H2. The van der Waals surface area contributed by atoms with Crippen molar-refractivity contribution < 1.29 is 5.11 Å². The topological polar surface area (TPSA) is 49.2 Å². The molecule has 16 heavy (non-hydrogen) atoms. The summed E-state index contributed by atoms with van der Waals surface area (Å²) in [6, 6.07) is 2.55. The Kier molecular flexibility index (Phi) is 2.52. The minimum Gasteiger partial charge on any atom is -0.395 e. The predicted octanol–water partition coefficient (Wildman–Crippen LogP) is 1.32. The molecule has 2 aliphatic carbocycles. The number of aliphatic hydroxyl groups is 1. The van der Waals surface area contributed by atoms with Gasteiger partial charge in [0.05, 0.1) is 6.61 Å². The monoisotopic (exact) mass is 219 g/mol. The van der Waals surface area contributed by atoms with E-state index in [-0.39, 0.29) is 6.61 Å². The summed E-state index contributed by atoms with van der Waals surface area (Å²) in [6.07, 6.45) is 6.76. The largest absolute Gasteiger partial charge is 0.395 e. The van der Waals surface area contributed by atoms with Crippen LogP contribution in [0.1, 0.15) is 37.4 Å². The highest BCUT2D eigenvalue weighted by molar-refractivity contribution is 5.41. The van der Waals surface area contributed by atoms with Gasteiger partial charge in [-0.1, -0.05) is 0 Å². The molecule has 4 heteroatoms. The van der Waals surface area contributed by atoms with E-state index in [1.165, 1.54) is 25.7 Å². The van der Waals surface area contributed by atoms with E-state index >= 15 is 0 Å². The normalized spacial score (nSPS) is 19.8. The molecule has 0 bridgehead atoms. The number of aliphatic hydroxyl groups excluding tert-OH is 1. The lowest BCUT2D eigenvalue weighted by Crippen LogP contribution is -2.30. The Morgan fingerprint density at radius 3 is 2.75 bits per heavy atom. The van der Waals surface area contributed by atoms with Crippen LogP contribution in [0.4, 0.5) is 5.82 Å². The average Bonchev–Trinajstić information content (AvgIpc) is 3.19. The number of hydrogen-bond acceptors (Lipinski definition) is 4. The third-order valence-corrected chi connectivity index (χ3v) is 3.22. The van der Waals surface area contributed by atoms with Gasteiger partial charge in [0.15, 0.2) is 0 Å². The summed E-state index contributed by atoms with van der Waals surface area (Å²) in [4.78, 5) is 11.2. The molecule has 1 heterocycles. The fourth-order valence-electron chi connectivity index (χ4n) is 2.04. The van der Waals surface area contributed by atoms with Crippen molar-refractivity contribution in [1.29, 1.82) is 0 Å². The molecule has 2 aliphatic rings. The van der Waals surface area contributed by atoms with Crippen LogP contribution >= 0.6 is 0 Å². The summed E-state index contributed by atoms with van der Waals surface area (Å²) in [6.45, 7) is 0.880. The molecule has 86 valence electrons. The summed E-state index contributed by atoms with van der Waals surface area (Å²) in [5.74, 6) is 2.57. The van der Waals surface area contributed by atoms with Gasteiger partial charge >= 0.3 is 0 Å². The molecule has 3 rings (SSSR count). The quantitative estimate of drug-likeness (QED) is 0.811. The van der Waals surface area contributed by atoms with Crippen LogP contribution in [0.15, 0.2) is 12.3 Å². The first-order valence-corrected chi connectivity index (χ1v) is 6.09. The molecule has 0 radical (unpaired) electrons. The van der Waals surface area contributed by atoms with E-state index in [0.717, 1.165) is 11.6 Å². The molecule has 1 N–H and O–H groups in total. The summed E-state index contributed by atoms with van der Waals surface area (Å²) in [5.41, 5.74) is 0. The molecule has 0 spiro atoms. The minimum absolute atomic E-state index is 0.194. The van der Waals surface area contributed by atoms with Crippen molar-refractivity contribution in [2.75, 3.05) is 18.1 Å². The maximum Gasteiger partial charge on any atom is 0.133 e. The van der Waals surface area contributed by atoms with E-state index in [1.54, 1.807) is 0 Å². The average molecular weight is 219 g/mol. The smallest absolute Gasteiger partial charge is 0.133 e. The molecule has 0 atom stereocenters. The zero-order valence-corrected chi connectivity index (χ0v) is 9.34. The fraction of sp³-hybridized carbons (Fsp3) is 0.667. The van der Waals surface area contributed by atoms with Crippen molar-refractivity contribution in [3.63, 3.8) is 0 Å². The zero-order valence-electron chi connectivity index (χ0n) is 9.34. The van der Waals surface area contributed by atoms with Crippen molar-refractivity contribution in [2.45, 2.75) is 37.6 Å². The first-order chi connectivity index (χ1) is 7.88. The molecule has 0 saturated heterocycles. The third-order valence-electron chi connectivity index (χ3n) is 3.22. The summed E-state index contributed by atoms with van der Waals surface area (Å²) < 4.78 is 0. The highest BCUT2D eigenvalue weighted by Crippen LogP contribution is 2.39. The van der Waals surface area contributed by atoms with Gasteiger partial charge in [-0.05, 0) is 31.7 Å². The van der Waals surface area contributed by atoms with Crippen LogP contribution in [0.25, 0.3) is 0 Å². The van der Waals surface area contributed by atoms with Crippen LogP contribution in [-0.2, 0) is 0 Å². The Morgan fingerprint density at radius 2 is 2.12 bits per heavy atom. The van der Waals surface area contributed by atoms with E-state index in [4.69, 9.17) is 5.11 Å². The zero-order chi connectivity index (χ0) is 11.0. The van der Waals surface area contributed by atoms with Gasteiger partial charge in [0, 0.05) is 24.7 Å². The Labute approximate surface area is 95.3 Å². The van der Waals surface area contributed by atoms with Crippen molar-refractivity contribution >= 4 is 5.82 Å². The number of aromatic nitrogens is 2. The summed E-state index contributed by atoms with van der Waals surface area (Å²) in [7, 11) is 0. The van der Waals surface area contributed by atoms with E-state index in [2.05, 4.69) is 14.9 Å². The molecule has 1 aromatic rings. The van der Waals surface area contributed by atoms with Crippen molar-refractivity contribution in [2.24, 2.45) is 0 Å². The molecule has 4 nitrogen and oxygen atoms in total. The fourth-order valence-corrected chi connectivity index (χ4v) is 2.04. The lowest BCUT2D eigenvalue weighted by atomic mass is 10.3. The molecule has 2 saturated carbocycles. The molecule has 1 aromatic heterocycles. The lowest BCUT2D eigenvalue weighted by molar-refractivity contribution is 0.301. The molecule has 2 fully saturated rings. The van der Waals surface area contributed by atoms with Crippen molar-refractivity contribution in [3.8, 4) is 0 Å². The van der Waals surface area contributed by atoms with E-state index < -0.39 is 0 Å². The third kappa shape index (κ3) is 2.02. The van der Waals surface area contributed by atoms with Gasteiger partial charge in [-0.25, -0.2) is 9.97 Å². The van der Waals surface area contributed by atoms with Crippen LogP contribution in [0.5, 0.6) is 0 Å². The van der Waals surface area contributed by atoms with Gasteiger partial charge in [-0.2, -0.15) is 0 Å². The number of anilines is 1. The maximum absolute atomic E-state index is 9.08. The van der Waals surface area contributed by atoms with Crippen LogP contribution in [0.3, 0.4) is 0 Å². The SMILES string of the molecule is OCCN(c1ccnc(C2CC2)n1)C1CC1. The number of hydrogen-bond donors (Lipinski definition) is 1. The van der Waals surface area contributed by atoms with Crippen LogP contribution in [0, 0.1) is 0 Å². The van der Waals surface area contributed by atoms with Crippen molar-refractivity contribution in [3.05, 3.63) is 18.1 Å². The van der Waals surface area contributed by atoms with Crippen LogP contribution in [-0.4, -0.2) is 34.3 Å². The van der Waals surface area contributed by atoms with E-state index in [1.807, 2.05) is 12.3 Å². The highest BCUT2D eigenvalue weighted by atomic mass is 16.3. The first-order valence-electron chi connectivity index (χ1n) is 6.09. The van der Waals surface area contributed by atoms with Gasteiger partial charge < -0.3 is 10.0 Å². The van der Waals surface area contributed by atoms with Gasteiger partial charge in [-0.3, -0.25) is 0 Å². The maximum atomic E-state index is 9.08. The molecule has 0 unspecified atom stereocenters. The minimum atomic E-state index is 0.194. The number of nitrogens with zero attached hydrogens (tertiary/aromatic N) is 3. The van der Waals surface area contributed by atoms with Gasteiger partial charge in [0.25, 0.3) is 0 Å². The van der Waals surface area contributed by atoms with Crippen molar-refractivity contribution in [1.82, 2.24) is 9.97 Å².